The second-order valence-electron chi connectivity index (χ2n) is 6.96. The zero-order chi connectivity index (χ0) is 21.2. The molecule has 31 heavy (non-hydrogen) atoms. The van der Waals surface area contributed by atoms with E-state index >= 15 is 0 Å². The Labute approximate surface area is 201 Å². The van der Waals surface area contributed by atoms with Crippen molar-refractivity contribution in [3.63, 3.8) is 0 Å². The summed E-state index contributed by atoms with van der Waals surface area (Å²) in [7, 11) is 3.39. The minimum atomic E-state index is -0.0899. The van der Waals surface area contributed by atoms with Gasteiger partial charge in [-0.3, -0.25) is 9.79 Å². The first-order chi connectivity index (χ1) is 14.7. The highest BCUT2D eigenvalue weighted by atomic mass is 127. The minimum absolute atomic E-state index is 0. The van der Waals surface area contributed by atoms with Crippen molar-refractivity contribution in [3.8, 4) is 0 Å². The number of nitrogens with one attached hydrogen (secondary N) is 3. The van der Waals surface area contributed by atoms with Crippen molar-refractivity contribution in [3.05, 3.63) is 107 Å². The van der Waals surface area contributed by atoms with Crippen molar-refractivity contribution in [2.24, 2.45) is 4.99 Å². The number of benzene rings is 3. The van der Waals surface area contributed by atoms with E-state index in [1.807, 2.05) is 30.3 Å². The molecule has 3 aromatic rings. The van der Waals surface area contributed by atoms with Crippen molar-refractivity contribution in [1.82, 2.24) is 16.0 Å². The zero-order valence-electron chi connectivity index (χ0n) is 17.8. The second kappa shape index (κ2) is 12.7. The largest absolute Gasteiger partial charge is 0.355 e. The van der Waals surface area contributed by atoms with Crippen LogP contribution in [0.3, 0.4) is 0 Å². The topological polar surface area (TPSA) is 65.5 Å². The molecule has 0 atom stereocenters. The number of amides is 1. The average molecular weight is 528 g/mol. The summed E-state index contributed by atoms with van der Waals surface area (Å²) in [5.74, 6) is 0.840. The predicted molar refractivity (Wildman–Crippen MR) is 138 cm³/mol. The molecule has 1 amide bonds. The lowest BCUT2D eigenvalue weighted by atomic mass is 9.91. The number of carbonyl (C=O) groups is 1. The lowest BCUT2D eigenvalue weighted by molar-refractivity contribution is 0.0963. The minimum Gasteiger partial charge on any atom is -0.355 e. The molecule has 162 valence electrons. The molecule has 0 aliphatic carbocycles. The van der Waals surface area contributed by atoms with E-state index in [-0.39, 0.29) is 35.8 Å². The lowest BCUT2D eigenvalue weighted by Crippen LogP contribution is -2.39. The lowest BCUT2D eigenvalue weighted by Gasteiger charge is -2.20. The van der Waals surface area contributed by atoms with Crippen LogP contribution in [0.4, 0.5) is 0 Å². The third-order valence-corrected chi connectivity index (χ3v) is 4.98. The van der Waals surface area contributed by atoms with Gasteiger partial charge in [0.1, 0.15) is 0 Å². The molecule has 0 heterocycles. The number of guanidine groups is 1. The van der Waals surface area contributed by atoms with Gasteiger partial charge in [0.05, 0.1) is 0 Å². The van der Waals surface area contributed by atoms with Crippen LogP contribution in [0, 0.1) is 0 Å². The van der Waals surface area contributed by atoms with Crippen LogP contribution in [0.1, 0.15) is 33.0 Å². The van der Waals surface area contributed by atoms with Gasteiger partial charge in [-0.15, -0.1) is 24.0 Å². The number of aliphatic imine (C=N–C) groups is 1. The number of hydrogen-bond acceptors (Lipinski definition) is 2. The van der Waals surface area contributed by atoms with Gasteiger partial charge in [-0.2, -0.15) is 0 Å². The monoisotopic (exact) mass is 528 g/mol. The van der Waals surface area contributed by atoms with Gasteiger partial charge in [-0.1, -0.05) is 72.8 Å². The summed E-state index contributed by atoms with van der Waals surface area (Å²) in [6.45, 7) is 1.29. The molecule has 0 aliphatic heterocycles. The molecule has 0 fully saturated rings. The summed E-state index contributed by atoms with van der Waals surface area (Å²) in [6, 6.07) is 28.5. The molecule has 5 nitrogen and oxygen atoms in total. The van der Waals surface area contributed by atoms with E-state index in [1.54, 1.807) is 20.2 Å². The number of carbonyl (C=O) groups excluding carboxylic acids is 1. The van der Waals surface area contributed by atoms with Crippen molar-refractivity contribution >= 4 is 35.8 Å². The average Bonchev–Trinajstić information content (AvgIpc) is 2.82. The van der Waals surface area contributed by atoms with Gasteiger partial charge in [-0.25, -0.2) is 0 Å². The van der Waals surface area contributed by atoms with Crippen LogP contribution >= 0.6 is 24.0 Å². The quantitative estimate of drug-likeness (QED) is 0.245. The highest BCUT2D eigenvalue weighted by molar-refractivity contribution is 14.0. The van der Waals surface area contributed by atoms with Crippen LogP contribution in [0.25, 0.3) is 0 Å². The van der Waals surface area contributed by atoms with E-state index in [0.717, 1.165) is 11.5 Å². The molecule has 0 saturated carbocycles. The summed E-state index contributed by atoms with van der Waals surface area (Å²) in [5.41, 5.74) is 4.17. The Morgan fingerprint density at radius 1 is 0.871 bits per heavy atom. The fourth-order valence-corrected chi connectivity index (χ4v) is 3.37. The number of rotatable bonds is 7. The first kappa shape index (κ1) is 24.4. The Morgan fingerprint density at radius 3 is 2.03 bits per heavy atom. The Morgan fingerprint density at radius 2 is 1.48 bits per heavy atom. The van der Waals surface area contributed by atoms with Gasteiger partial charge in [0.25, 0.3) is 5.91 Å². The molecular formula is C25H29IN4O. The van der Waals surface area contributed by atoms with Crippen LogP contribution in [0.5, 0.6) is 0 Å². The maximum atomic E-state index is 11.8. The number of halogens is 1. The smallest absolute Gasteiger partial charge is 0.251 e. The van der Waals surface area contributed by atoms with Gasteiger partial charge in [0.15, 0.2) is 5.96 Å². The van der Waals surface area contributed by atoms with E-state index in [2.05, 4.69) is 69.5 Å². The van der Waals surface area contributed by atoms with Crippen molar-refractivity contribution < 1.29 is 4.79 Å². The maximum Gasteiger partial charge on any atom is 0.251 e. The summed E-state index contributed by atoms with van der Waals surface area (Å²) < 4.78 is 0. The van der Waals surface area contributed by atoms with Crippen LogP contribution in [0.15, 0.2) is 89.9 Å². The van der Waals surface area contributed by atoms with Gasteiger partial charge < -0.3 is 16.0 Å². The summed E-state index contributed by atoms with van der Waals surface area (Å²) in [4.78, 5) is 16.2. The third-order valence-electron chi connectivity index (χ3n) is 4.98. The van der Waals surface area contributed by atoms with Gasteiger partial charge in [-0.05, 0) is 28.8 Å². The molecule has 0 aromatic heterocycles. The van der Waals surface area contributed by atoms with E-state index in [4.69, 9.17) is 0 Å². The summed E-state index contributed by atoms with van der Waals surface area (Å²) in [6.07, 6.45) is 0. The van der Waals surface area contributed by atoms with E-state index in [1.165, 1.54) is 11.1 Å². The molecule has 0 unspecified atom stereocenters. The Bertz CT molecular complexity index is 938. The van der Waals surface area contributed by atoms with Crippen molar-refractivity contribution in [1.29, 1.82) is 0 Å². The summed E-state index contributed by atoms with van der Waals surface area (Å²) in [5, 5.41) is 9.43. The standard InChI is InChI=1S/C25H28N4O.HI/c1-26-24(30)22-15-9-10-19(16-22)17-28-25(27-2)29-18-23(20-11-5-3-6-12-20)21-13-7-4-8-14-21;/h3-16,23H,17-18H2,1-2H3,(H,26,30)(H2,27,28,29);1H. The first-order valence-corrected chi connectivity index (χ1v) is 10.1. The van der Waals surface area contributed by atoms with Gasteiger partial charge in [0, 0.05) is 38.7 Å². The van der Waals surface area contributed by atoms with E-state index < -0.39 is 0 Å². The van der Waals surface area contributed by atoms with E-state index in [0.29, 0.717) is 18.7 Å². The predicted octanol–water partition coefficient (Wildman–Crippen LogP) is 4.16. The third kappa shape index (κ3) is 7.10. The van der Waals surface area contributed by atoms with Crippen LogP contribution in [0.2, 0.25) is 0 Å². The Hall–Kier alpha value is -2.87. The van der Waals surface area contributed by atoms with Crippen LogP contribution in [-0.4, -0.2) is 32.5 Å². The molecule has 6 heteroatoms. The SMILES string of the molecule is CN=C(NCc1cccc(C(=O)NC)c1)NCC(c1ccccc1)c1ccccc1.I. The maximum absolute atomic E-state index is 11.8. The Kier molecular flexibility index (Phi) is 10.0. The van der Waals surface area contributed by atoms with Crippen LogP contribution < -0.4 is 16.0 Å². The highest BCUT2D eigenvalue weighted by Crippen LogP contribution is 2.23. The molecule has 3 aromatic carbocycles. The molecule has 0 saturated heterocycles. The number of hydrogen-bond donors (Lipinski definition) is 3. The fraction of sp³-hybridized carbons (Fsp3) is 0.200. The Balaban J connectivity index is 0.00000341. The van der Waals surface area contributed by atoms with Crippen molar-refractivity contribution in [2.75, 3.05) is 20.6 Å². The highest BCUT2D eigenvalue weighted by Gasteiger charge is 2.14. The molecule has 0 bridgehead atoms. The molecular weight excluding hydrogens is 499 g/mol. The second-order valence-corrected chi connectivity index (χ2v) is 6.96. The fourth-order valence-electron chi connectivity index (χ4n) is 3.37. The molecule has 0 aliphatic rings. The molecule has 0 spiro atoms. The van der Waals surface area contributed by atoms with E-state index in [9.17, 15) is 4.79 Å². The number of nitrogens with zero attached hydrogens (tertiary/aromatic N) is 1. The van der Waals surface area contributed by atoms with Crippen molar-refractivity contribution in [2.45, 2.75) is 12.5 Å². The van der Waals surface area contributed by atoms with Gasteiger partial charge >= 0.3 is 0 Å². The zero-order valence-corrected chi connectivity index (χ0v) is 20.2. The first-order valence-electron chi connectivity index (χ1n) is 10.1. The van der Waals surface area contributed by atoms with Crippen LogP contribution in [-0.2, 0) is 6.54 Å². The normalized spacial score (nSPS) is 10.9. The molecule has 3 rings (SSSR count). The molecule has 3 N–H and O–H groups in total. The summed E-state index contributed by atoms with van der Waals surface area (Å²) >= 11 is 0. The molecule has 0 radical (unpaired) electrons. The van der Waals surface area contributed by atoms with Gasteiger partial charge in [0.2, 0.25) is 0 Å².